The molecule has 0 amide bonds. The van der Waals surface area contributed by atoms with E-state index < -0.39 is 0 Å². The quantitative estimate of drug-likeness (QED) is 0.466. The van der Waals surface area contributed by atoms with Crippen LogP contribution in [0.3, 0.4) is 0 Å². The first-order chi connectivity index (χ1) is 9.91. The standard InChI is InChI=1S/C15H18B5Cl/c16-11-10(12(17)14(19)15(20)13(11)18)9-3-1-6-5-7(21)2-4-8(6)9/h2,4-5,9H,1,3,16-20H2. The first-order valence-corrected chi connectivity index (χ1v) is 8.14. The maximum absolute atomic E-state index is 6.15. The van der Waals surface area contributed by atoms with Crippen LogP contribution in [0.25, 0.3) is 0 Å². The molecule has 2 aromatic rings. The summed E-state index contributed by atoms with van der Waals surface area (Å²) in [6.45, 7) is 0. The van der Waals surface area contributed by atoms with Gasteiger partial charge in [-0.1, -0.05) is 34.2 Å². The van der Waals surface area contributed by atoms with Crippen LogP contribution in [0.4, 0.5) is 0 Å². The summed E-state index contributed by atoms with van der Waals surface area (Å²) in [5.41, 5.74) is 11.8. The number of aryl methyl sites for hydroxylation is 1. The van der Waals surface area contributed by atoms with Crippen molar-refractivity contribution in [3.63, 3.8) is 0 Å². The molecule has 1 atom stereocenters. The molecule has 1 unspecified atom stereocenters. The van der Waals surface area contributed by atoms with E-state index in [-0.39, 0.29) is 0 Å². The van der Waals surface area contributed by atoms with Crippen LogP contribution in [0, 0.1) is 0 Å². The molecule has 100 valence electrons. The molecule has 0 bridgehead atoms. The Morgan fingerprint density at radius 3 is 2.05 bits per heavy atom. The molecule has 0 spiro atoms. The van der Waals surface area contributed by atoms with Crippen molar-refractivity contribution in [2.24, 2.45) is 0 Å². The molecule has 0 nitrogen and oxygen atoms in total. The Labute approximate surface area is 137 Å². The minimum absolute atomic E-state index is 0.537. The molecule has 6 heteroatoms. The van der Waals surface area contributed by atoms with Gasteiger partial charge in [-0.05, 0) is 36.1 Å². The van der Waals surface area contributed by atoms with Crippen molar-refractivity contribution in [1.29, 1.82) is 0 Å². The van der Waals surface area contributed by atoms with Gasteiger partial charge in [-0.25, -0.2) is 0 Å². The van der Waals surface area contributed by atoms with E-state index in [9.17, 15) is 0 Å². The molecule has 21 heavy (non-hydrogen) atoms. The Bertz CT molecular complexity index is 712. The van der Waals surface area contributed by atoms with Crippen molar-refractivity contribution in [3.8, 4) is 0 Å². The molecule has 0 saturated carbocycles. The first kappa shape index (κ1) is 15.0. The Morgan fingerprint density at radius 1 is 0.857 bits per heavy atom. The van der Waals surface area contributed by atoms with Gasteiger partial charge in [0.1, 0.15) is 39.2 Å². The van der Waals surface area contributed by atoms with Gasteiger partial charge >= 0.3 is 0 Å². The molecule has 0 aliphatic heterocycles. The van der Waals surface area contributed by atoms with Crippen molar-refractivity contribution in [3.05, 3.63) is 39.9 Å². The lowest BCUT2D eigenvalue weighted by Gasteiger charge is -2.25. The number of rotatable bonds is 1. The van der Waals surface area contributed by atoms with Gasteiger partial charge in [0.2, 0.25) is 0 Å². The minimum atomic E-state index is 0.537. The van der Waals surface area contributed by atoms with Crippen molar-refractivity contribution in [2.75, 3.05) is 0 Å². The normalized spacial score (nSPS) is 16.9. The summed E-state index contributed by atoms with van der Waals surface area (Å²) < 4.78 is 0. The Morgan fingerprint density at radius 2 is 1.43 bits per heavy atom. The zero-order valence-electron chi connectivity index (χ0n) is 13.6. The van der Waals surface area contributed by atoms with Crippen LogP contribution in [-0.2, 0) is 6.42 Å². The van der Waals surface area contributed by atoms with Crippen LogP contribution in [0.2, 0.25) is 5.02 Å². The van der Waals surface area contributed by atoms with Gasteiger partial charge in [0.15, 0.2) is 0 Å². The molecule has 0 aromatic heterocycles. The monoisotopic (exact) mass is 288 g/mol. The van der Waals surface area contributed by atoms with Crippen molar-refractivity contribution >= 4 is 78.1 Å². The summed E-state index contributed by atoms with van der Waals surface area (Å²) in [6.07, 6.45) is 2.35. The number of hydrogen-bond donors (Lipinski definition) is 0. The molecule has 3 rings (SSSR count). The van der Waals surface area contributed by atoms with Crippen LogP contribution in [0.5, 0.6) is 0 Å². The lowest BCUT2D eigenvalue weighted by molar-refractivity contribution is 0.797. The molecular weight excluding hydrogens is 270 g/mol. The summed E-state index contributed by atoms with van der Waals surface area (Å²) in [5.74, 6) is 0.537. The van der Waals surface area contributed by atoms with Gasteiger partial charge in [0.25, 0.3) is 0 Å². The second-order valence-corrected chi connectivity index (χ2v) is 6.91. The highest BCUT2D eigenvalue weighted by molar-refractivity contribution is 6.67. The maximum atomic E-state index is 6.15. The molecular formula is C15H18B5Cl. The third kappa shape index (κ3) is 2.30. The number of fused-ring (bicyclic) bond motifs is 1. The Kier molecular flexibility index (Phi) is 3.82. The first-order valence-electron chi connectivity index (χ1n) is 7.77. The third-order valence-electron chi connectivity index (χ3n) is 5.59. The van der Waals surface area contributed by atoms with Crippen LogP contribution < -0.4 is 27.3 Å². The topological polar surface area (TPSA) is 0 Å². The van der Waals surface area contributed by atoms with Gasteiger partial charge in [-0.2, -0.15) is 0 Å². The van der Waals surface area contributed by atoms with Crippen LogP contribution >= 0.6 is 11.6 Å². The molecule has 0 radical (unpaired) electrons. The van der Waals surface area contributed by atoms with Crippen molar-refractivity contribution in [1.82, 2.24) is 0 Å². The number of hydrogen-bond acceptors (Lipinski definition) is 0. The second-order valence-electron chi connectivity index (χ2n) is 6.47. The fourth-order valence-electron chi connectivity index (χ4n) is 3.94. The molecule has 2 aromatic carbocycles. The van der Waals surface area contributed by atoms with E-state index in [0.717, 1.165) is 11.4 Å². The highest BCUT2D eigenvalue weighted by atomic mass is 35.5. The lowest BCUT2D eigenvalue weighted by Crippen LogP contribution is -2.56. The van der Waals surface area contributed by atoms with E-state index in [2.05, 4.69) is 51.4 Å². The zero-order chi connectivity index (χ0) is 15.3. The van der Waals surface area contributed by atoms with E-state index in [0.29, 0.717) is 5.92 Å². The number of benzene rings is 2. The van der Waals surface area contributed by atoms with Crippen LogP contribution in [0.1, 0.15) is 29.0 Å². The largest absolute Gasteiger partial charge is 0.138 e. The van der Waals surface area contributed by atoms with E-state index >= 15 is 0 Å². The molecule has 0 fully saturated rings. The maximum Gasteiger partial charge on any atom is 0.138 e. The van der Waals surface area contributed by atoms with E-state index in [1.54, 1.807) is 5.56 Å². The van der Waals surface area contributed by atoms with Gasteiger partial charge in [0.05, 0.1) is 0 Å². The molecule has 0 saturated heterocycles. The molecule has 1 aliphatic rings. The van der Waals surface area contributed by atoms with E-state index in [1.807, 2.05) is 6.07 Å². The summed E-state index contributed by atoms with van der Waals surface area (Å²) in [7, 11) is 11.4. The lowest BCUT2D eigenvalue weighted by atomic mass is 9.58. The van der Waals surface area contributed by atoms with Crippen LogP contribution in [-0.4, -0.2) is 39.2 Å². The summed E-state index contributed by atoms with van der Waals surface area (Å²) in [4.78, 5) is 0. The molecule has 0 heterocycles. The second kappa shape index (κ2) is 5.36. The van der Waals surface area contributed by atoms with Crippen molar-refractivity contribution < 1.29 is 0 Å². The van der Waals surface area contributed by atoms with Gasteiger partial charge in [-0.3, -0.25) is 0 Å². The SMILES string of the molecule is Bc1c(B)c(B)c(C2CCc3cc(Cl)ccc32)c(B)c1B. The Hall–Kier alpha value is -0.945. The predicted molar refractivity (Wildman–Crippen MR) is 109 cm³/mol. The average Bonchev–Trinajstić information content (AvgIpc) is 2.86. The zero-order valence-corrected chi connectivity index (χ0v) is 14.4. The summed E-state index contributed by atoms with van der Waals surface area (Å²) in [5, 5.41) is 0.860. The smallest absolute Gasteiger partial charge is 0.102 e. The van der Waals surface area contributed by atoms with Gasteiger partial charge in [0, 0.05) is 10.9 Å². The minimum Gasteiger partial charge on any atom is -0.102 e. The average molecular weight is 288 g/mol. The molecule has 0 N–H and O–H groups in total. The third-order valence-corrected chi connectivity index (χ3v) is 5.82. The summed E-state index contributed by atoms with van der Waals surface area (Å²) in [6, 6.07) is 6.42. The predicted octanol–water partition coefficient (Wildman–Crippen LogP) is -4.29. The summed E-state index contributed by atoms with van der Waals surface area (Å²) >= 11 is 6.15. The fraction of sp³-hybridized carbons (Fsp3) is 0.200. The van der Waals surface area contributed by atoms with Crippen LogP contribution in [0.15, 0.2) is 18.2 Å². The van der Waals surface area contributed by atoms with Gasteiger partial charge < -0.3 is 0 Å². The Balaban J connectivity index is 2.21. The molecule has 1 aliphatic carbocycles. The highest BCUT2D eigenvalue weighted by Crippen LogP contribution is 2.37. The van der Waals surface area contributed by atoms with E-state index in [1.165, 1.54) is 44.9 Å². The fourth-order valence-corrected chi connectivity index (χ4v) is 4.13. The van der Waals surface area contributed by atoms with Crippen molar-refractivity contribution in [2.45, 2.75) is 18.8 Å². The van der Waals surface area contributed by atoms with Gasteiger partial charge in [-0.15, -0.1) is 16.4 Å². The van der Waals surface area contributed by atoms with E-state index in [4.69, 9.17) is 11.6 Å². The number of halogens is 1. The highest BCUT2D eigenvalue weighted by Gasteiger charge is 2.27.